The predicted molar refractivity (Wildman–Crippen MR) is 87.3 cm³/mol. The van der Waals surface area contributed by atoms with Crippen molar-refractivity contribution in [2.45, 2.75) is 11.4 Å². The van der Waals surface area contributed by atoms with Gasteiger partial charge in [0.1, 0.15) is 0 Å². The Kier molecular flexibility index (Phi) is 6.12. The van der Waals surface area contributed by atoms with Crippen molar-refractivity contribution in [3.63, 3.8) is 0 Å². The van der Waals surface area contributed by atoms with Gasteiger partial charge in [-0.15, -0.1) is 0 Å². The first kappa shape index (κ1) is 16.7. The summed E-state index contributed by atoms with van der Waals surface area (Å²) < 4.78 is 24.6. The minimum absolute atomic E-state index is 0.0121. The van der Waals surface area contributed by atoms with Crippen LogP contribution in [-0.2, 0) is 16.4 Å². The van der Waals surface area contributed by atoms with Crippen molar-refractivity contribution in [2.75, 3.05) is 25.4 Å². The van der Waals surface area contributed by atoms with Gasteiger partial charge in [0.25, 0.3) is 0 Å². The van der Waals surface area contributed by atoms with Crippen molar-refractivity contribution in [3.05, 3.63) is 66.2 Å². The van der Waals surface area contributed by atoms with Crippen LogP contribution in [0.3, 0.4) is 0 Å². The van der Waals surface area contributed by atoms with E-state index < -0.39 is 9.84 Å². The molecular formula is C17H21NO3S. The van der Waals surface area contributed by atoms with Gasteiger partial charge in [-0.3, -0.25) is 4.90 Å². The van der Waals surface area contributed by atoms with Crippen LogP contribution in [0.25, 0.3) is 0 Å². The molecule has 0 bridgehead atoms. The second-order valence-electron chi connectivity index (χ2n) is 5.12. The summed E-state index contributed by atoms with van der Waals surface area (Å²) in [6.45, 7) is 1.50. The minimum atomic E-state index is -3.29. The molecule has 0 aliphatic carbocycles. The van der Waals surface area contributed by atoms with Crippen molar-refractivity contribution in [2.24, 2.45) is 0 Å². The van der Waals surface area contributed by atoms with Gasteiger partial charge in [0.15, 0.2) is 9.84 Å². The molecule has 0 aliphatic heterocycles. The van der Waals surface area contributed by atoms with Crippen molar-refractivity contribution in [3.8, 4) is 0 Å². The van der Waals surface area contributed by atoms with Crippen LogP contribution in [-0.4, -0.2) is 43.9 Å². The molecular weight excluding hydrogens is 298 g/mol. The number of nitrogens with zero attached hydrogens (tertiary/aromatic N) is 1. The molecule has 5 heteroatoms. The van der Waals surface area contributed by atoms with E-state index in [9.17, 15) is 13.5 Å². The molecule has 0 heterocycles. The number of hydrogen-bond donors (Lipinski definition) is 1. The first-order chi connectivity index (χ1) is 10.6. The van der Waals surface area contributed by atoms with Crippen molar-refractivity contribution >= 4 is 9.84 Å². The quantitative estimate of drug-likeness (QED) is 0.808. The van der Waals surface area contributed by atoms with Gasteiger partial charge in [-0.25, -0.2) is 8.42 Å². The van der Waals surface area contributed by atoms with Gasteiger partial charge < -0.3 is 5.11 Å². The average Bonchev–Trinajstić information content (AvgIpc) is 2.55. The molecule has 4 nitrogen and oxygen atoms in total. The number of hydrogen-bond acceptors (Lipinski definition) is 4. The summed E-state index contributed by atoms with van der Waals surface area (Å²) in [6, 6.07) is 18.3. The lowest BCUT2D eigenvalue weighted by atomic mass is 10.2. The van der Waals surface area contributed by atoms with Crippen LogP contribution in [0.4, 0.5) is 0 Å². The highest BCUT2D eigenvalue weighted by Crippen LogP contribution is 2.11. The Morgan fingerprint density at radius 3 is 2.05 bits per heavy atom. The molecule has 22 heavy (non-hydrogen) atoms. The van der Waals surface area contributed by atoms with E-state index in [1.165, 1.54) is 0 Å². The highest BCUT2D eigenvalue weighted by atomic mass is 32.2. The van der Waals surface area contributed by atoms with E-state index >= 15 is 0 Å². The largest absolute Gasteiger partial charge is 0.395 e. The van der Waals surface area contributed by atoms with Crippen LogP contribution >= 0.6 is 0 Å². The third kappa shape index (κ3) is 4.94. The molecule has 0 saturated heterocycles. The smallest absolute Gasteiger partial charge is 0.179 e. The van der Waals surface area contributed by atoms with Crippen LogP contribution in [0.5, 0.6) is 0 Å². The maximum Gasteiger partial charge on any atom is 0.179 e. The predicted octanol–water partition coefficient (Wildman–Crippen LogP) is 1.95. The van der Waals surface area contributed by atoms with Crippen LogP contribution < -0.4 is 0 Å². The highest BCUT2D eigenvalue weighted by Gasteiger charge is 2.16. The highest BCUT2D eigenvalue weighted by molar-refractivity contribution is 7.91. The minimum Gasteiger partial charge on any atom is -0.395 e. The van der Waals surface area contributed by atoms with Gasteiger partial charge in [-0.1, -0.05) is 48.5 Å². The molecule has 0 radical (unpaired) electrons. The van der Waals surface area contributed by atoms with Gasteiger partial charge in [0, 0.05) is 19.6 Å². The molecule has 2 rings (SSSR count). The normalized spacial score (nSPS) is 11.7. The van der Waals surface area contributed by atoms with E-state index in [4.69, 9.17) is 0 Å². The Balaban J connectivity index is 2.00. The van der Waals surface area contributed by atoms with Crippen molar-refractivity contribution in [1.29, 1.82) is 0 Å². The summed E-state index contributed by atoms with van der Waals surface area (Å²) >= 11 is 0. The van der Waals surface area contributed by atoms with Gasteiger partial charge in [0.2, 0.25) is 0 Å². The van der Waals surface area contributed by atoms with Gasteiger partial charge in [0.05, 0.1) is 17.3 Å². The zero-order chi connectivity index (χ0) is 15.8. The van der Waals surface area contributed by atoms with E-state index in [2.05, 4.69) is 0 Å². The first-order valence-corrected chi connectivity index (χ1v) is 8.92. The number of aliphatic hydroxyl groups excluding tert-OH is 1. The van der Waals surface area contributed by atoms with Crippen molar-refractivity contribution in [1.82, 2.24) is 4.90 Å². The SMILES string of the molecule is O=S(=O)(CCN(CCO)Cc1ccccc1)c1ccccc1. The third-order valence-electron chi connectivity index (χ3n) is 3.44. The number of benzene rings is 2. The van der Waals surface area contributed by atoms with E-state index in [-0.39, 0.29) is 12.4 Å². The Hall–Kier alpha value is -1.69. The molecule has 0 aromatic heterocycles. The molecule has 1 N–H and O–H groups in total. The van der Waals surface area contributed by atoms with Crippen LogP contribution in [0, 0.1) is 0 Å². The standard InChI is InChI=1S/C17H21NO3S/c19-13-11-18(15-16-7-3-1-4-8-16)12-14-22(20,21)17-9-5-2-6-10-17/h1-10,19H,11-15H2. The monoisotopic (exact) mass is 319 g/mol. The summed E-state index contributed by atoms with van der Waals surface area (Å²) in [5, 5.41) is 9.17. The average molecular weight is 319 g/mol. The van der Waals surface area contributed by atoms with Gasteiger partial charge in [-0.05, 0) is 17.7 Å². The zero-order valence-corrected chi connectivity index (χ0v) is 13.2. The van der Waals surface area contributed by atoms with E-state index in [0.717, 1.165) is 5.56 Å². The van der Waals surface area contributed by atoms with Gasteiger partial charge >= 0.3 is 0 Å². The maximum atomic E-state index is 12.3. The molecule has 2 aromatic rings. The third-order valence-corrected chi connectivity index (χ3v) is 5.15. The summed E-state index contributed by atoms with van der Waals surface area (Å²) in [5.74, 6) is 0.0455. The second kappa shape index (κ2) is 8.08. The number of rotatable bonds is 8. The zero-order valence-electron chi connectivity index (χ0n) is 12.4. The second-order valence-corrected chi connectivity index (χ2v) is 7.23. The Morgan fingerprint density at radius 1 is 0.864 bits per heavy atom. The topological polar surface area (TPSA) is 57.6 Å². The Morgan fingerprint density at radius 2 is 1.45 bits per heavy atom. The van der Waals surface area contributed by atoms with Crippen LogP contribution in [0.2, 0.25) is 0 Å². The van der Waals surface area contributed by atoms with E-state index in [1.807, 2.05) is 35.2 Å². The van der Waals surface area contributed by atoms with Crippen LogP contribution in [0.15, 0.2) is 65.6 Å². The fourth-order valence-electron chi connectivity index (χ4n) is 2.25. The number of aliphatic hydroxyl groups is 1. The molecule has 0 fully saturated rings. The molecule has 0 aliphatic rings. The molecule has 0 atom stereocenters. The summed E-state index contributed by atoms with van der Waals surface area (Å²) in [5.41, 5.74) is 1.10. The fourth-order valence-corrected chi connectivity index (χ4v) is 3.55. The molecule has 0 spiro atoms. The first-order valence-electron chi connectivity index (χ1n) is 7.27. The Labute approximate surface area is 131 Å². The van der Waals surface area contributed by atoms with E-state index in [1.54, 1.807) is 30.3 Å². The van der Waals surface area contributed by atoms with Crippen LogP contribution in [0.1, 0.15) is 5.56 Å². The van der Waals surface area contributed by atoms with E-state index in [0.29, 0.717) is 24.5 Å². The lowest BCUT2D eigenvalue weighted by Crippen LogP contribution is -2.31. The molecule has 0 saturated carbocycles. The summed E-state index contributed by atoms with van der Waals surface area (Å²) in [4.78, 5) is 2.30. The molecule has 2 aromatic carbocycles. The molecule has 0 amide bonds. The number of sulfone groups is 1. The lowest BCUT2D eigenvalue weighted by Gasteiger charge is -2.21. The summed E-state index contributed by atoms with van der Waals surface area (Å²) in [6.07, 6.45) is 0. The Bertz CT molecular complexity index is 657. The summed E-state index contributed by atoms with van der Waals surface area (Å²) in [7, 11) is -3.29. The lowest BCUT2D eigenvalue weighted by molar-refractivity contribution is 0.197. The van der Waals surface area contributed by atoms with Crippen molar-refractivity contribution < 1.29 is 13.5 Å². The van der Waals surface area contributed by atoms with Gasteiger partial charge in [-0.2, -0.15) is 0 Å². The maximum absolute atomic E-state index is 12.3. The molecule has 0 unspecified atom stereocenters. The molecule has 118 valence electrons. The fraction of sp³-hybridized carbons (Fsp3) is 0.294.